The van der Waals surface area contributed by atoms with Gasteiger partial charge in [-0.3, -0.25) is 4.79 Å². The molecule has 0 aliphatic carbocycles. The first-order valence-electron chi connectivity index (χ1n) is 7.73. The molecule has 0 bridgehead atoms. The van der Waals surface area contributed by atoms with Crippen LogP contribution in [0.15, 0.2) is 41.3 Å². The maximum atomic E-state index is 13.6. The fraction of sp³-hybridized carbons (Fsp3) is 0.353. The molecule has 23 heavy (non-hydrogen) atoms. The number of hydrogen-bond donors (Lipinski definition) is 1. The monoisotopic (exact) mass is 315 g/mol. The lowest BCUT2D eigenvalue weighted by Gasteiger charge is -2.24. The fourth-order valence-corrected chi connectivity index (χ4v) is 3.05. The van der Waals surface area contributed by atoms with Gasteiger partial charge >= 0.3 is 5.69 Å². The van der Waals surface area contributed by atoms with Crippen LogP contribution in [0.4, 0.5) is 4.39 Å². The molecule has 1 aliphatic heterocycles. The largest absolute Gasteiger partial charge is 0.345 e. The zero-order valence-corrected chi connectivity index (χ0v) is 12.7. The first kappa shape index (κ1) is 15.4. The lowest BCUT2D eigenvalue weighted by atomic mass is 10.1. The zero-order chi connectivity index (χ0) is 16.2. The van der Waals surface area contributed by atoms with Crippen LogP contribution in [0.2, 0.25) is 0 Å². The second-order valence-electron chi connectivity index (χ2n) is 5.67. The highest BCUT2D eigenvalue weighted by molar-refractivity contribution is 5.77. The molecule has 1 atom stereocenters. The standard InChI is InChI=1S/C17H18FN3O2/c18-13-5-2-1-4-12(13)7-8-16(22)21-11-3-6-15(21)14-9-10-19-17(23)20-14/h1-2,4-5,9-10,15H,3,6-8,11H2,(H,19,20,23). The van der Waals surface area contributed by atoms with Gasteiger partial charge in [-0.1, -0.05) is 18.2 Å². The number of amides is 1. The molecule has 0 radical (unpaired) electrons. The number of aromatic amines is 1. The molecular weight excluding hydrogens is 297 g/mol. The molecule has 1 unspecified atom stereocenters. The summed E-state index contributed by atoms with van der Waals surface area (Å²) >= 11 is 0. The number of nitrogens with one attached hydrogen (secondary N) is 1. The topological polar surface area (TPSA) is 66.1 Å². The number of benzene rings is 1. The summed E-state index contributed by atoms with van der Waals surface area (Å²) in [6.07, 6.45) is 3.79. The van der Waals surface area contributed by atoms with E-state index in [-0.39, 0.29) is 24.2 Å². The van der Waals surface area contributed by atoms with Gasteiger partial charge in [-0.15, -0.1) is 0 Å². The second kappa shape index (κ2) is 6.73. The summed E-state index contributed by atoms with van der Waals surface area (Å²) in [5, 5.41) is 0. The van der Waals surface area contributed by atoms with Gasteiger partial charge in [0.15, 0.2) is 0 Å². The van der Waals surface area contributed by atoms with Gasteiger partial charge in [0.25, 0.3) is 0 Å². The van der Waals surface area contributed by atoms with Crippen molar-refractivity contribution in [3.05, 3.63) is 64.1 Å². The number of nitrogens with zero attached hydrogens (tertiary/aromatic N) is 2. The third-order valence-electron chi connectivity index (χ3n) is 4.20. The molecule has 3 rings (SSSR count). The molecule has 120 valence electrons. The van der Waals surface area contributed by atoms with Gasteiger partial charge in [-0.2, -0.15) is 0 Å². The molecule has 5 nitrogen and oxygen atoms in total. The van der Waals surface area contributed by atoms with E-state index >= 15 is 0 Å². The third kappa shape index (κ3) is 3.47. The minimum absolute atomic E-state index is 0.0200. The minimum atomic E-state index is -0.409. The van der Waals surface area contributed by atoms with Crippen molar-refractivity contribution in [2.45, 2.75) is 31.7 Å². The average Bonchev–Trinajstić information content (AvgIpc) is 3.03. The molecule has 1 N–H and O–H groups in total. The SMILES string of the molecule is O=C(CCc1ccccc1F)N1CCCC1c1ccnc(=O)[nH]1. The van der Waals surface area contributed by atoms with E-state index in [4.69, 9.17) is 0 Å². The molecular formula is C17H18FN3O2. The number of aryl methyl sites for hydroxylation is 1. The van der Waals surface area contributed by atoms with Crippen LogP contribution in [-0.4, -0.2) is 27.3 Å². The third-order valence-corrected chi connectivity index (χ3v) is 4.20. The quantitative estimate of drug-likeness (QED) is 0.940. The molecule has 1 aliphatic rings. The lowest BCUT2D eigenvalue weighted by molar-refractivity contribution is -0.132. The summed E-state index contributed by atoms with van der Waals surface area (Å²) < 4.78 is 13.6. The molecule has 1 amide bonds. The Hall–Kier alpha value is -2.50. The summed E-state index contributed by atoms with van der Waals surface area (Å²) in [6.45, 7) is 0.658. The summed E-state index contributed by atoms with van der Waals surface area (Å²) in [6, 6.07) is 8.11. The van der Waals surface area contributed by atoms with Crippen LogP contribution in [0.1, 0.15) is 36.6 Å². The number of rotatable bonds is 4. The Labute approximate surface area is 133 Å². The summed E-state index contributed by atoms with van der Waals surface area (Å²) in [5.41, 5.74) is 0.851. The predicted molar refractivity (Wildman–Crippen MR) is 83.3 cm³/mol. The first-order valence-corrected chi connectivity index (χ1v) is 7.73. The van der Waals surface area contributed by atoms with Crippen LogP contribution >= 0.6 is 0 Å². The van der Waals surface area contributed by atoms with Gasteiger partial charge in [0.05, 0.1) is 6.04 Å². The van der Waals surface area contributed by atoms with Crippen molar-refractivity contribution >= 4 is 5.91 Å². The van der Waals surface area contributed by atoms with Crippen molar-refractivity contribution < 1.29 is 9.18 Å². The number of hydrogen-bond acceptors (Lipinski definition) is 3. The summed E-state index contributed by atoms with van der Waals surface area (Å²) in [4.78, 5) is 31.9. The van der Waals surface area contributed by atoms with Crippen LogP contribution in [0.5, 0.6) is 0 Å². The van der Waals surface area contributed by atoms with Crippen LogP contribution in [0, 0.1) is 5.82 Å². The normalized spacial score (nSPS) is 17.4. The Bertz CT molecular complexity index is 759. The number of aromatic nitrogens is 2. The highest BCUT2D eigenvalue weighted by Gasteiger charge is 2.30. The number of carbonyl (C=O) groups is 1. The van der Waals surface area contributed by atoms with Crippen LogP contribution in [-0.2, 0) is 11.2 Å². The molecule has 1 saturated heterocycles. The van der Waals surface area contributed by atoms with Crippen molar-refractivity contribution in [1.82, 2.24) is 14.9 Å². The smallest absolute Gasteiger partial charge is 0.334 e. The van der Waals surface area contributed by atoms with E-state index in [0.29, 0.717) is 24.2 Å². The van der Waals surface area contributed by atoms with Gasteiger partial charge in [-0.25, -0.2) is 14.2 Å². The van der Waals surface area contributed by atoms with Crippen molar-refractivity contribution in [2.75, 3.05) is 6.54 Å². The Balaban J connectivity index is 1.69. The molecule has 1 fully saturated rings. The minimum Gasteiger partial charge on any atom is -0.334 e. The number of likely N-dealkylation sites (tertiary alicyclic amines) is 1. The Morgan fingerprint density at radius 3 is 2.96 bits per heavy atom. The van der Waals surface area contributed by atoms with E-state index in [1.54, 1.807) is 29.2 Å². The number of carbonyl (C=O) groups excluding carboxylic acids is 1. The Morgan fingerprint density at radius 1 is 1.35 bits per heavy atom. The molecule has 0 spiro atoms. The van der Waals surface area contributed by atoms with Crippen molar-refractivity contribution in [2.24, 2.45) is 0 Å². The van der Waals surface area contributed by atoms with E-state index in [1.165, 1.54) is 12.3 Å². The predicted octanol–water partition coefficient (Wildman–Crippen LogP) is 2.21. The van der Waals surface area contributed by atoms with Gasteiger partial charge in [0.1, 0.15) is 5.82 Å². The zero-order valence-electron chi connectivity index (χ0n) is 12.7. The summed E-state index contributed by atoms with van der Waals surface area (Å²) in [7, 11) is 0. The summed E-state index contributed by atoms with van der Waals surface area (Å²) in [5.74, 6) is -0.301. The highest BCUT2D eigenvalue weighted by atomic mass is 19.1. The van der Waals surface area contributed by atoms with Crippen molar-refractivity contribution in [1.29, 1.82) is 0 Å². The van der Waals surface area contributed by atoms with E-state index < -0.39 is 5.69 Å². The van der Waals surface area contributed by atoms with Crippen LogP contribution in [0.25, 0.3) is 0 Å². The van der Waals surface area contributed by atoms with Gasteiger partial charge in [0, 0.05) is 24.9 Å². The number of H-pyrrole nitrogens is 1. The number of halogens is 1. The first-order chi connectivity index (χ1) is 11.1. The van der Waals surface area contributed by atoms with E-state index in [2.05, 4.69) is 9.97 Å². The lowest BCUT2D eigenvalue weighted by Crippen LogP contribution is -2.32. The van der Waals surface area contributed by atoms with Crippen molar-refractivity contribution in [3.63, 3.8) is 0 Å². The fourth-order valence-electron chi connectivity index (χ4n) is 3.05. The molecule has 1 aromatic carbocycles. The molecule has 2 aromatic rings. The maximum Gasteiger partial charge on any atom is 0.345 e. The molecule has 1 aromatic heterocycles. The molecule has 2 heterocycles. The average molecular weight is 315 g/mol. The van der Waals surface area contributed by atoms with Gasteiger partial charge < -0.3 is 9.88 Å². The van der Waals surface area contributed by atoms with Crippen LogP contribution in [0.3, 0.4) is 0 Å². The van der Waals surface area contributed by atoms with Gasteiger partial charge in [-0.05, 0) is 37.0 Å². The maximum absolute atomic E-state index is 13.6. The van der Waals surface area contributed by atoms with E-state index in [0.717, 1.165) is 12.8 Å². The molecule has 6 heteroatoms. The van der Waals surface area contributed by atoms with Crippen LogP contribution < -0.4 is 5.69 Å². The van der Waals surface area contributed by atoms with Gasteiger partial charge in [0.2, 0.25) is 5.91 Å². The van der Waals surface area contributed by atoms with E-state index in [1.807, 2.05) is 0 Å². The Kier molecular flexibility index (Phi) is 4.50. The highest BCUT2D eigenvalue weighted by Crippen LogP contribution is 2.30. The second-order valence-corrected chi connectivity index (χ2v) is 5.67. The Morgan fingerprint density at radius 2 is 2.17 bits per heavy atom. The van der Waals surface area contributed by atoms with Crippen molar-refractivity contribution in [3.8, 4) is 0 Å². The molecule has 0 saturated carbocycles. The van der Waals surface area contributed by atoms with E-state index in [9.17, 15) is 14.0 Å².